The Hall–Kier alpha value is -1.10. The van der Waals surface area contributed by atoms with E-state index in [4.69, 9.17) is 20.7 Å². The van der Waals surface area contributed by atoms with Crippen molar-refractivity contribution in [3.63, 3.8) is 0 Å². The zero-order valence-corrected chi connectivity index (χ0v) is 10.0. The summed E-state index contributed by atoms with van der Waals surface area (Å²) >= 11 is 0. The van der Waals surface area contributed by atoms with E-state index >= 15 is 0 Å². The Balaban J connectivity index is 2.34. The number of aryl methyl sites for hydroxylation is 1. The number of unbranched alkanes of at least 4 members (excludes halogenated alkanes) is 1. The molecule has 0 aliphatic rings. The molecule has 1 atom stereocenters. The number of rotatable bonds is 8. The maximum absolute atomic E-state index is 9.13. The van der Waals surface area contributed by atoms with Gasteiger partial charge >= 0.3 is 0 Å². The van der Waals surface area contributed by atoms with Gasteiger partial charge in [-0.3, -0.25) is 0 Å². The molecule has 0 saturated carbocycles. The molecule has 0 heterocycles. The van der Waals surface area contributed by atoms with Crippen LogP contribution in [-0.4, -0.2) is 36.1 Å². The first-order valence-corrected chi connectivity index (χ1v) is 5.97. The van der Waals surface area contributed by atoms with Crippen LogP contribution in [0.1, 0.15) is 18.4 Å². The van der Waals surface area contributed by atoms with Gasteiger partial charge in [0.1, 0.15) is 18.5 Å². The first-order chi connectivity index (χ1) is 8.26. The van der Waals surface area contributed by atoms with Crippen molar-refractivity contribution in [3.8, 4) is 5.75 Å². The number of aliphatic hydroxyl groups excluding tert-OH is 2. The van der Waals surface area contributed by atoms with Crippen LogP contribution in [0.25, 0.3) is 0 Å². The Labute approximate surface area is 102 Å². The number of benzene rings is 1. The van der Waals surface area contributed by atoms with Crippen LogP contribution in [0, 0.1) is 0 Å². The predicted octanol–water partition coefficient (Wildman–Crippen LogP) is 0.700. The third-order valence-electron chi connectivity index (χ3n) is 2.50. The van der Waals surface area contributed by atoms with E-state index < -0.39 is 6.10 Å². The molecule has 0 spiro atoms. The Morgan fingerprint density at radius 2 is 1.88 bits per heavy atom. The van der Waals surface area contributed by atoms with Crippen LogP contribution in [0.2, 0.25) is 0 Å². The molecule has 0 radical (unpaired) electrons. The third kappa shape index (κ3) is 5.68. The van der Waals surface area contributed by atoms with Crippen molar-refractivity contribution in [2.75, 3.05) is 19.8 Å². The van der Waals surface area contributed by atoms with E-state index in [0.29, 0.717) is 5.75 Å². The highest BCUT2D eigenvalue weighted by molar-refractivity contribution is 5.27. The van der Waals surface area contributed by atoms with Crippen LogP contribution in [0.4, 0.5) is 0 Å². The minimum atomic E-state index is -0.820. The minimum absolute atomic E-state index is 0.114. The van der Waals surface area contributed by atoms with Gasteiger partial charge in [-0.2, -0.15) is 0 Å². The lowest BCUT2D eigenvalue weighted by Crippen LogP contribution is -2.21. The quantitative estimate of drug-likeness (QED) is 0.584. The summed E-state index contributed by atoms with van der Waals surface area (Å²) in [5.74, 6) is 0.708. The van der Waals surface area contributed by atoms with Crippen LogP contribution in [0.15, 0.2) is 24.3 Å². The maximum atomic E-state index is 9.13. The van der Waals surface area contributed by atoms with Crippen molar-refractivity contribution in [1.82, 2.24) is 0 Å². The summed E-state index contributed by atoms with van der Waals surface area (Å²) in [6.45, 7) is 0.570. The zero-order chi connectivity index (χ0) is 12.5. The zero-order valence-electron chi connectivity index (χ0n) is 10.0. The Morgan fingerprint density at radius 1 is 1.18 bits per heavy atom. The summed E-state index contributed by atoms with van der Waals surface area (Å²) in [4.78, 5) is 0. The number of aliphatic hydroxyl groups is 2. The molecule has 4 nitrogen and oxygen atoms in total. The first-order valence-electron chi connectivity index (χ1n) is 5.97. The molecular formula is C13H21NO3. The van der Waals surface area contributed by atoms with E-state index in [1.54, 1.807) is 0 Å². The fourth-order valence-electron chi connectivity index (χ4n) is 1.47. The molecule has 0 amide bonds. The molecule has 0 bridgehead atoms. The molecule has 0 aliphatic carbocycles. The van der Waals surface area contributed by atoms with Crippen LogP contribution in [-0.2, 0) is 6.42 Å². The van der Waals surface area contributed by atoms with Gasteiger partial charge in [0.25, 0.3) is 0 Å². The molecule has 1 unspecified atom stereocenters. The summed E-state index contributed by atoms with van der Waals surface area (Å²) in [7, 11) is 0. The van der Waals surface area contributed by atoms with E-state index in [1.165, 1.54) is 5.56 Å². The molecule has 96 valence electrons. The lowest BCUT2D eigenvalue weighted by atomic mass is 10.1. The van der Waals surface area contributed by atoms with Gasteiger partial charge < -0.3 is 20.7 Å². The normalized spacial score (nSPS) is 12.4. The van der Waals surface area contributed by atoms with E-state index in [-0.39, 0.29) is 13.2 Å². The lowest BCUT2D eigenvalue weighted by Gasteiger charge is -2.10. The van der Waals surface area contributed by atoms with Crippen molar-refractivity contribution < 1.29 is 14.9 Å². The Bertz CT molecular complexity index is 300. The molecule has 0 aliphatic heterocycles. The predicted molar refractivity (Wildman–Crippen MR) is 67.0 cm³/mol. The first kappa shape index (κ1) is 14.0. The largest absolute Gasteiger partial charge is 0.491 e. The third-order valence-corrected chi connectivity index (χ3v) is 2.50. The van der Waals surface area contributed by atoms with E-state index in [0.717, 1.165) is 25.8 Å². The topological polar surface area (TPSA) is 75.7 Å². The van der Waals surface area contributed by atoms with Crippen molar-refractivity contribution in [1.29, 1.82) is 0 Å². The molecular weight excluding hydrogens is 218 g/mol. The van der Waals surface area contributed by atoms with Crippen molar-refractivity contribution in [2.45, 2.75) is 25.4 Å². The number of hydrogen-bond donors (Lipinski definition) is 3. The van der Waals surface area contributed by atoms with E-state index in [9.17, 15) is 0 Å². The molecule has 1 aromatic carbocycles. The monoisotopic (exact) mass is 239 g/mol. The van der Waals surface area contributed by atoms with E-state index in [1.807, 2.05) is 24.3 Å². The summed E-state index contributed by atoms with van der Waals surface area (Å²) in [5.41, 5.74) is 6.69. The highest BCUT2D eigenvalue weighted by Gasteiger charge is 2.02. The Kier molecular flexibility index (Phi) is 6.62. The van der Waals surface area contributed by atoms with Gasteiger partial charge in [0.2, 0.25) is 0 Å². The maximum Gasteiger partial charge on any atom is 0.119 e. The highest BCUT2D eigenvalue weighted by atomic mass is 16.5. The summed E-state index contributed by atoms with van der Waals surface area (Å²) in [6.07, 6.45) is 2.34. The number of hydrogen-bond acceptors (Lipinski definition) is 4. The molecule has 1 aromatic rings. The van der Waals surface area contributed by atoms with Gasteiger partial charge in [-0.05, 0) is 43.5 Å². The van der Waals surface area contributed by atoms with E-state index in [2.05, 4.69) is 0 Å². The molecule has 0 aromatic heterocycles. The molecule has 0 saturated heterocycles. The van der Waals surface area contributed by atoms with Crippen LogP contribution >= 0.6 is 0 Å². The molecule has 0 fully saturated rings. The second kappa shape index (κ2) is 8.06. The highest BCUT2D eigenvalue weighted by Crippen LogP contribution is 2.14. The van der Waals surface area contributed by atoms with Crippen molar-refractivity contribution >= 4 is 0 Å². The van der Waals surface area contributed by atoms with Gasteiger partial charge in [0, 0.05) is 0 Å². The summed E-state index contributed by atoms with van der Waals surface area (Å²) in [6, 6.07) is 7.78. The van der Waals surface area contributed by atoms with Crippen LogP contribution < -0.4 is 10.5 Å². The standard InChI is InChI=1S/C13H21NO3/c14-8-2-1-3-11-4-6-13(7-5-11)17-10-12(16)9-15/h4-7,12,15-16H,1-3,8-10,14H2. The smallest absolute Gasteiger partial charge is 0.119 e. The molecule has 4 N–H and O–H groups in total. The second-order valence-corrected chi connectivity index (χ2v) is 4.04. The van der Waals surface area contributed by atoms with Gasteiger partial charge in [-0.1, -0.05) is 12.1 Å². The fraction of sp³-hybridized carbons (Fsp3) is 0.538. The number of ether oxygens (including phenoxy) is 1. The van der Waals surface area contributed by atoms with Gasteiger partial charge in [-0.15, -0.1) is 0 Å². The molecule has 4 heteroatoms. The number of nitrogens with two attached hydrogens (primary N) is 1. The lowest BCUT2D eigenvalue weighted by molar-refractivity contribution is 0.0536. The average molecular weight is 239 g/mol. The summed E-state index contributed by atoms with van der Waals surface area (Å²) < 4.78 is 5.31. The Morgan fingerprint density at radius 3 is 2.47 bits per heavy atom. The fourth-order valence-corrected chi connectivity index (χ4v) is 1.47. The van der Waals surface area contributed by atoms with Crippen LogP contribution in [0.3, 0.4) is 0 Å². The SMILES string of the molecule is NCCCCc1ccc(OCC(O)CO)cc1. The van der Waals surface area contributed by atoms with Gasteiger partial charge in [0.15, 0.2) is 0 Å². The molecule has 17 heavy (non-hydrogen) atoms. The van der Waals surface area contributed by atoms with Gasteiger partial charge in [0.05, 0.1) is 6.61 Å². The average Bonchev–Trinajstić information content (AvgIpc) is 2.37. The van der Waals surface area contributed by atoms with Crippen molar-refractivity contribution in [3.05, 3.63) is 29.8 Å². The van der Waals surface area contributed by atoms with Crippen molar-refractivity contribution in [2.24, 2.45) is 5.73 Å². The van der Waals surface area contributed by atoms with Gasteiger partial charge in [-0.25, -0.2) is 0 Å². The second-order valence-electron chi connectivity index (χ2n) is 4.04. The minimum Gasteiger partial charge on any atom is -0.491 e. The molecule has 1 rings (SSSR count). The summed E-state index contributed by atoms with van der Waals surface area (Å²) in [5, 5.41) is 17.8. The van der Waals surface area contributed by atoms with Crippen LogP contribution in [0.5, 0.6) is 5.75 Å².